The van der Waals surface area contributed by atoms with Crippen LogP contribution in [0.5, 0.6) is 0 Å². The minimum atomic E-state index is -3.00. The molecule has 8 heteroatoms. The molecular weight excluding hydrogens is 330 g/mol. The maximum atomic E-state index is 12.0. The zero-order valence-electron chi connectivity index (χ0n) is 11.6. The minimum absolute atomic E-state index is 0.141. The molecule has 2 aromatic heterocycles. The summed E-state index contributed by atoms with van der Waals surface area (Å²) in [4.78, 5) is 3.25. The number of halogens is 1. The first-order chi connectivity index (χ1) is 9.94. The molecule has 1 atom stereocenters. The Bertz CT molecular complexity index is 738. The van der Waals surface area contributed by atoms with Crippen LogP contribution in [0.2, 0.25) is 5.02 Å². The van der Waals surface area contributed by atoms with Crippen molar-refractivity contribution in [3.05, 3.63) is 39.3 Å². The van der Waals surface area contributed by atoms with Crippen molar-refractivity contribution in [2.24, 2.45) is 7.05 Å². The maximum Gasteiger partial charge on any atom is 0.153 e. The highest BCUT2D eigenvalue weighted by molar-refractivity contribution is 7.91. The molecule has 21 heavy (non-hydrogen) atoms. The van der Waals surface area contributed by atoms with Crippen LogP contribution in [-0.4, -0.2) is 41.1 Å². The first-order valence-electron chi connectivity index (χ1n) is 6.59. The molecule has 0 aromatic carbocycles. The molecule has 1 aliphatic heterocycles. The Balaban J connectivity index is 1.88. The van der Waals surface area contributed by atoms with Crippen LogP contribution < -0.4 is 0 Å². The summed E-state index contributed by atoms with van der Waals surface area (Å²) in [5, 5.41) is 6.86. The first-order valence-corrected chi connectivity index (χ1v) is 9.67. The third-order valence-electron chi connectivity index (χ3n) is 3.69. The number of sulfone groups is 1. The van der Waals surface area contributed by atoms with Gasteiger partial charge in [0.25, 0.3) is 0 Å². The van der Waals surface area contributed by atoms with Crippen molar-refractivity contribution in [2.75, 3.05) is 18.1 Å². The molecule has 0 aliphatic carbocycles. The van der Waals surface area contributed by atoms with Crippen LogP contribution in [-0.2, 0) is 23.4 Å². The Labute approximate surface area is 133 Å². The summed E-state index contributed by atoms with van der Waals surface area (Å²) in [6, 6.07) is 1.72. The van der Waals surface area contributed by atoms with Gasteiger partial charge < -0.3 is 0 Å². The molecule has 1 unspecified atom stereocenters. The summed E-state index contributed by atoms with van der Waals surface area (Å²) >= 11 is 7.76. The molecule has 0 bridgehead atoms. The number of nitrogens with zero attached hydrogens (tertiary/aromatic N) is 3. The number of hydrogen-bond donors (Lipinski definition) is 0. The van der Waals surface area contributed by atoms with Gasteiger partial charge in [-0.05, 0) is 11.4 Å². The number of aromatic nitrogens is 2. The predicted molar refractivity (Wildman–Crippen MR) is 84.3 cm³/mol. The van der Waals surface area contributed by atoms with Gasteiger partial charge in [-0.25, -0.2) is 8.42 Å². The molecule has 3 rings (SSSR count). The molecular formula is C13H16ClN3O2S2. The molecule has 1 saturated heterocycles. The van der Waals surface area contributed by atoms with Crippen molar-refractivity contribution in [1.29, 1.82) is 0 Å². The van der Waals surface area contributed by atoms with Gasteiger partial charge in [-0.15, -0.1) is 11.3 Å². The van der Waals surface area contributed by atoms with Gasteiger partial charge in [0.1, 0.15) is 0 Å². The monoisotopic (exact) mass is 345 g/mol. The van der Waals surface area contributed by atoms with E-state index in [1.54, 1.807) is 22.2 Å². The van der Waals surface area contributed by atoms with E-state index in [4.69, 9.17) is 11.6 Å². The third-order valence-corrected chi connectivity index (χ3v) is 6.69. The van der Waals surface area contributed by atoms with Crippen LogP contribution in [0, 0.1) is 0 Å². The Kier molecular flexibility index (Phi) is 4.09. The van der Waals surface area contributed by atoms with Crippen molar-refractivity contribution in [2.45, 2.75) is 12.6 Å². The topological polar surface area (TPSA) is 55.2 Å². The summed E-state index contributed by atoms with van der Waals surface area (Å²) in [5.41, 5.74) is 0.938. The van der Waals surface area contributed by atoms with E-state index in [0.29, 0.717) is 13.1 Å². The first kappa shape index (κ1) is 15.0. The Morgan fingerprint density at radius 2 is 2.33 bits per heavy atom. The van der Waals surface area contributed by atoms with E-state index >= 15 is 0 Å². The molecule has 0 amide bonds. The van der Waals surface area contributed by atoms with Crippen LogP contribution in [0.15, 0.2) is 23.8 Å². The van der Waals surface area contributed by atoms with Crippen molar-refractivity contribution >= 4 is 32.8 Å². The van der Waals surface area contributed by atoms with Crippen LogP contribution in [0.3, 0.4) is 0 Å². The van der Waals surface area contributed by atoms with Gasteiger partial charge in [0.15, 0.2) is 9.84 Å². The lowest BCUT2D eigenvalue weighted by molar-refractivity contribution is 0.208. The second-order valence-corrected chi connectivity index (χ2v) is 8.88. The summed E-state index contributed by atoms with van der Waals surface area (Å²) in [6.07, 6.45) is 3.63. The molecule has 5 nitrogen and oxygen atoms in total. The number of thiophene rings is 1. The van der Waals surface area contributed by atoms with Crippen molar-refractivity contribution in [1.82, 2.24) is 14.7 Å². The average Bonchev–Trinajstić information content (AvgIpc) is 3.01. The number of hydrogen-bond acceptors (Lipinski definition) is 5. The van der Waals surface area contributed by atoms with Crippen LogP contribution >= 0.6 is 22.9 Å². The smallest absolute Gasteiger partial charge is 0.153 e. The fourth-order valence-electron chi connectivity index (χ4n) is 2.57. The lowest BCUT2D eigenvalue weighted by Gasteiger charge is -2.34. The fourth-order valence-corrected chi connectivity index (χ4v) is 5.26. The van der Waals surface area contributed by atoms with Crippen molar-refractivity contribution in [3.63, 3.8) is 0 Å². The van der Waals surface area contributed by atoms with E-state index in [9.17, 15) is 8.42 Å². The van der Waals surface area contributed by atoms with Crippen molar-refractivity contribution in [3.8, 4) is 0 Å². The normalized spacial score (nSPS) is 22.5. The summed E-state index contributed by atoms with van der Waals surface area (Å²) < 4.78 is 25.7. The number of rotatable bonds is 3. The van der Waals surface area contributed by atoms with Crippen LogP contribution in [0.4, 0.5) is 0 Å². The Hall–Kier alpha value is -0.890. The Morgan fingerprint density at radius 1 is 1.52 bits per heavy atom. The van der Waals surface area contributed by atoms with Crippen LogP contribution in [0.1, 0.15) is 16.5 Å². The van der Waals surface area contributed by atoms with E-state index < -0.39 is 9.84 Å². The van der Waals surface area contributed by atoms with Crippen molar-refractivity contribution < 1.29 is 8.42 Å². The van der Waals surface area contributed by atoms with Gasteiger partial charge in [0.05, 0.1) is 28.8 Å². The van der Waals surface area contributed by atoms with Gasteiger partial charge in [-0.2, -0.15) is 5.10 Å². The third kappa shape index (κ3) is 3.31. The van der Waals surface area contributed by atoms with E-state index in [1.807, 2.05) is 24.7 Å². The molecule has 0 saturated carbocycles. The minimum Gasteiger partial charge on any atom is -0.289 e. The standard InChI is InChI=1S/C13H16ClN3O2S2/c1-16-7-10(6-15-16)12-9-21(18,19)5-3-17(12)8-13-11(14)2-4-20-13/h2,4,6-7,12H,3,5,8-9H2,1H3. The van der Waals surface area contributed by atoms with Gasteiger partial charge >= 0.3 is 0 Å². The average molecular weight is 346 g/mol. The zero-order valence-corrected chi connectivity index (χ0v) is 14.0. The largest absolute Gasteiger partial charge is 0.289 e. The molecule has 1 aliphatic rings. The summed E-state index contributed by atoms with van der Waals surface area (Å²) in [7, 11) is -1.17. The molecule has 3 heterocycles. The molecule has 0 N–H and O–H groups in total. The lowest BCUT2D eigenvalue weighted by atomic mass is 10.1. The summed E-state index contributed by atoms with van der Waals surface area (Å²) in [6.45, 7) is 1.20. The maximum absolute atomic E-state index is 12.0. The zero-order chi connectivity index (χ0) is 15.0. The Morgan fingerprint density at radius 3 is 2.95 bits per heavy atom. The molecule has 2 aromatic rings. The predicted octanol–water partition coefficient (Wildman–Crippen LogP) is 2.11. The van der Waals surface area contributed by atoms with E-state index in [2.05, 4.69) is 10.00 Å². The quantitative estimate of drug-likeness (QED) is 0.855. The summed E-state index contributed by atoms with van der Waals surface area (Å²) in [5.74, 6) is 0.342. The highest BCUT2D eigenvalue weighted by atomic mass is 35.5. The molecule has 1 fully saturated rings. The molecule has 0 radical (unpaired) electrons. The van der Waals surface area contributed by atoms with Gasteiger partial charge in [0, 0.05) is 36.8 Å². The second kappa shape index (κ2) is 5.72. The van der Waals surface area contributed by atoms with Gasteiger partial charge in [-0.1, -0.05) is 11.6 Å². The fraction of sp³-hybridized carbons (Fsp3) is 0.462. The second-order valence-electron chi connectivity index (χ2n) is 5.24. The lowest BCUT2D eigenvalue weighted by Crippen LogP contribution is -2.42. The van der Waals surface area contributed by atoms with Crippen LogP contribution in [0.25, 0.3) is 0 Å². The van der Waals surface area contributed by atoms with E-state index in [1.165, 1.54) is 0 Å². The van der Waals surface area contributed by atoms with E-state index in [-0.39, 0.29) is 17.5 Å². The highest BCUT2D eigenvalue weighted by Gasteiger charge is 2.33. The molecule has 0 spiro atoms. The van der Waals surface area contributed by atoms with E-state index in [0.717, 1.165) is 15.5 Å². The van der Waals surface area contributed by atoms with Gasteiger partial charge in [0.2, 0.25) is 0 Å². The highest BCUT2D eigenvalue weighted by Crippen LogP contribution is 2.31. The van der Waals surface area contributed by atoms with Gasteiger partial charge in [-0.3, -0.25) is 9.58 Å². The SMILES string of the molecule is Cn1cc(C2CS(=O)(=O)CCN2Cc2sccc2Cl)cn1. The number of aryl methyl sites for hydroxylation is 1. The molecule has 114 valence electrons.